The number of amidine groups is 1. The van der Waals surface area contributed by atoms with Gasteiger partial charge in [-0.05, 0) is 37.1 Å². The molecule has 17 heavy (non-hydrogen) atoms. The monoisotopic (exact) mass is 236 g/mol. The zero-order valence-electron chi connectivity index (χ0n) is 9.69. The first-order valence-electron chi connectivity index (χ1n) is 6.03. The number of hydroxylamine groups is 1. The Morgan fingerprint density at radius 3 is 2.41 bits per heavy atom. The fourth-order valence-corrected chi connectivity index (χ4v) is 2.17. The zero-order valence-corrected chi connectivity index (χ0v) is 9.69. The molecule has 1 aliphatic rings. The number of benzene rings is 1. The lowest BCUT2D eigenvalue weighted by Crippen LogP contribution is -2.24. The van der Waals surface area contributed by atoms with Crippen molar-refractivity contribution in [1.82, 2.24) is 5.48 Å². The van der Waals surface area contributed by atoms with E-state index in [1.165, 1.54) is 31.4 Å². The number of nitrogens with one attached hydrogen (secondary N) is 1. The molecule has 0 radical (unpaired) electrons. The van der Waals surface area contributed by atoms with Gasteiger partial charge in [0.25, 0.3) is 0 Å². The fraction of sp³-hybridized carbons (Fsp3) is 0.462. The van der Waals surface area contributed by atoms with Gasteiger partial charge in [0.05, 0.1) is 6.04 Å². The van der Waals surface area contributed by atoms with Crippen LogP contribution >= 0.6 is 0 Å². The molecule has 0 aromatic heterocycles. The highest BCUT2D eigenvalue weighted by atomic mass is 19.1. The van der Waals surface area contributed by atoms with Crippen LogP contribution < -0.4 is 5.48 Å². The maximum atomic E-state index is 12.8. The number of rotatable bonds is 2. The maximum absolute atomic E-state index is 12.8. The Kier molecular flexibility index (Phi) is 4.09. The van der Waals surface area contributed by atoms with Gasteiger partial charge >= 0.3 is 0 Å². The topological polar surface area (TPSA) is 44.6 Å². The Bertz CT molecular complexity index is 383. The second-order valence-electron chi connectivity index (χ2n) is 4.39. The summed E-state index contributed by atoms with van der Waals surface area (Å²) in [5.41, 5.74) is 2.82. The van der Waals surface area contributed by atoms with E-state index in [9.17, 15) is 4.39 Å². The molecule has 0 spiro atoms. The van der Waals surface area contributed by atoms with Gasteiger partial charge in [0.1, 0.15) is 5.82 Å². The van der Waals surface area contributed by atoms with Gasteiger partial charge in [-0.15, -0.1) is 0 Å². The van der Waals surface area contributed by atoms with E-state index in [4.69, 9.17) is 5.21 Å². The first kappa shape index (κ1) is 12.0. The molecule has 4 heteroatoms. The van der Waals surface area contributed by atoms with Crippen LogP contribution in [-0.4, -0.2) is 17.1 Å². The smallest absolute Gasteiger partial charge is 0.152 e. The molecule has 0 atom stereocenters. The quantitative estimate of drug-likeness (QED) is 0.471. The SMILES string of the molecule is ONC(=NC1CCCCC1)c1ccc(F)cc1. The molecule has 1 aliphatic carbocycles. The molecule has 2 N–H and O–H groups in total. The Morgan fingerprint density at radius 2 is 1.82 bits per heavy atom. The van der Waals surface area contributed by atoms with Gasteiger partial charge in [-0.1, -0.05) is 19.3 Å². The third-order valence-electron chi connectivity index (χ3n) is 3.11. The molecular weight excluding hydrogens is 219 g/mol. The highest BCUT2D eigenvalue weighted by molar-refractivity contribution is 5.98. The van der Waals surface area contributed by atoms with Gasteiger partial charge in [0.2, 0.25) is 0 Å². The van der Waals surface area contributed by atoms with Crippen LogP contribution in [0.15, 0.2) is 29.3 Å². The summed E-state index contributed by atoms with van der Waals surface area (Å²) < 4.78 is 12.8. The third kappa shape index (κ3) is 3.27. The third-order valence-corrected chi connectivity index (χ3v) is 3.11. The van der Waals surface area contributed by atoms with Gasteiger partial charge in [-0.2, -0.15) is 0 Å². The van der Waals surface area contributed by atoms with E-state index >= 15 is 0 Å². The number of nitrogens with zero attached hydrogens (tertiary/aromatic N) is 1. The van der Waals surface area contributed by atoms with Crippen molar-refractivity contribution in [2.75, 3.05) is 0 Å². The molecule has 1 aromatic carbocycles. The summed E-state index contributed by atoms with van der Waals surface area (Å²) in [4.78, 5) is 4.49. The second-order valence-corrected chi connectivity index (χ2v) is 4.39. The summed E-state index contributed by atoms with van der Waals surface area (Å²) in [7, 11) is 0. The molecule has 0 unspecified atom stereocenters. The Hall–Kier alpha value is -1.42. The first-order valence-corrected chi connectivity index (χ1v) is 6.03. The summed E-state index contributed by atoms with van der Waals surface area (Å²) in [5, 5.41) is 9.10. The number of halogens is 1. The lowest BCUT2D eigenvalue weighted by Gasteiger charge is -2.19. The minimum atomic E-state index is -0.288. The van der Waals surface area contributed by atoms with Crippen LogP contribution in [-0.2, 0) is 0 Å². The standard InChI is InChI=1S/C13H17FN2O/c14-11-8-6-10(7-9-11)13(16-17)15-12-4-2-1-3-5-12/h6-9,12,17H,1-5H2,(H,15,16). The van der Waals surface area contributed by atoms with E-state index in [1.807, 2.05) is 0 Å². The Labute approximate surface area is 100 Å². The van der Waals surface area contributed by atoms with Crippen molar-refractivity contribution in [3.8, 4) is 0 Å². The number of hydrogen-bond donors (Lipinski definition) is 2. The maximum Gasteiger partial charge on any atom is 0.152 e. The van der Waals surface area contributed by atoms with Crippen molar-refractivity contribution in [1.29, 1.82) is 0 Å². The van der Waals surface area contributed by atoms with Crippen molar-refractivity contribution >= 4 is 5.84 Å². The van der Waals surface area contributed by atoms with E-state index in [1.54, 1.807) is 12.1 Å². The average molecular weight is 236 g/mol. The highest BCUT2D eigenvalue weighted by Gasteiger charge is 2.13. The summed E-state index contributed by atoms with van der Waals surface area (Å²) >= 11 is 0. The van der Waals surface area contributed by atoms with Crippen molar-refractivity contribution in [2.45, 2.75) is 38.1 Å². The van der Waals surface area contributed by atoms with Gasteiger partial charge in [-0.25, -0.2) is 4.39 Å². The summed E-state index contributed by atoms with van der Waals surface area (Å²) in [6.45, 7) is 0. The first-order chi connectivity index (χ1) is 8.29. The van der Waals surface area contributed by atoms with Crippen molar-refractivity contribution in [3.63, 3.8) is 0 Å². The molecular formula is C13H17FN2O. The predicted molar refractivity (Wildman–Crippen MR) is 64.7 cm³/mol. The predicted octanol–water partition coefficient (Wildman–Crippen LogP) is 2.88. The number of aliphatic imine (C=N–C) groups is 1. The Balaban J connectivity index is 2.14. The molecule has 0 amide bonds. The minimum Gasteiger partial charge on any atom is -0.290 e. The summed E-state index contributed by atoms with van der Waals surface area (Å²) in [5.74, 6) is 0.139. The minimum absolute atomic E-state index is 0.267. The zero-order chi connectivity index (χ0) is 12.1. The largest absolute Gasteiger partial charge is 0.290 e. The van der Waals surface area contributed by atoms with Crippen molar-refractivity contribution in [3.05, 3.63) is 35.6 Å². The average Bonchev–Trinajstić information content (AvgIpc) is 2.38. The van der Waals surface area contributed by atoms with E-state index in [0.717, 1.165) is 12.8 Å². The van der Waals surface area contributed by atoms with Crippen LogP contribution in [0.5, 0.6) is 0 Å². The molecule has 1 saturated carbocycles. The molecule has 0 saturated heterocycles. The second kappa shape index (κ2) is 5.77. The molecule has 3 nitrogen and oxygen atoms in total. The van der Waals surface area contributed by atoms with Crippen LogP contribution in [0.25, 0.3) is 0 Å². The van der Waals surface area contributed by atoms with Crippen molar-refractivity contribution < 1.29 is 9.60 Å². The van der Waals surface area contributed by atoms with Crippen LogP contribution in [0, 0.1) is 5.82 Å². The lowest BCUT2D eigenvalue weighted by atomic mass is 9.96. The van der Waals surface area contributed by atoms with E-state index in [2.05, 4.69) is 10.5 Å². The molecule has 92 valence electrons. The molecule has 0 heterocycles. The lowest BCUT2D eigenvalue weighted by molar-refractivity contribution is 0.233. The molecule has 0 bridgehead atoms. The fourth-order valence-electron chi connectivity index (χ4n) is 2.17. The Morgan fingerprint density at radius 1 is 1.18 bits per heavy atom. The summed E-state index contributed by atoms with van der Waals surface area (Å²) in [6, 6.07) is 6.22. The van der Waals surface area contributed by atoms with E-state index < -0.39 is 0 Å². The van der Waals surface area contributed by atoms with E-state index in [-0.39, 0.29) is 11.9 Å². The van der Waals surface area contributed by atoms with Crippen LogP contribution in [0.1, 0.15) is 37.7 Å². The molecule has 0 aliphatic heterocycles. The van der Waals surface area contributed by atoms with Gasteiger partial charge < -0.3 is 0 Å². The normalized spacial score (nSPS) is 18.1. The van der Waals surface area contributed by atoms with Crippen molar-refractivity contribution in [2.24, 2.45) is 4.99 Å². The van der Waals surface area contributed by atoms with Gasteiger partial charge in [-0.3, -0.25) is 15.7 Å². The van der Waals surface area contributed by atoms with Crippen LogP contribution in [0.2, 0.25) is 0 Å². The molecule has 2 rings (SSSR count). The number of hydrogen-bond acceptors (Lipinski definition) is 2. The summed E-state index contributed by atoms with van der Waals surface area (Å²) in [6.07, 6.45) is 5.77. The van der Waals surface area contributed by atoms with Gasteiger partial charge in [0, 0.05) is 5.56 Å². The van der Waals surface area contributed by atoms with Crippen LogP contribution in [0.3, 0.4) is 0 Å². The van der Waals surface area contributed by atoms with E-state index in [0.29, 0.717) is 11.4 Å². The molecule has 1 fully saturated rings. The molecule has 1 aromatic rings. The van der Waals surface area contributed by atoms with Crippen LogP contribution in [0.4, 0.5) is 4.39 Å². The van der Waals surface area contributed by atoms with Gasteiger partial charge in [0.15, 0.2) is 5.84 Å². The highest BCUT2D eigenvalue weighted by Crippen LogP contribution is 2.20.